The van der Waals surface area contributed by atoms with Crippen LogP contribution in [0.5, 0.6) is 0 Å². The highest BCUT2D eigenvalue weighted by atomic mass is 35.5. The number of hydrogen-bond acceptors (Lipinski definition) is 3. The zero-order valence-corrected chi connectivity index (χ0v) is 15.8. The maximum atomic E-state index is 12.5. The summed E-state index contributed by atoms with van der Waals surface area (Å²) in [6.45, 7) is 3.35. The van der Waals surface area contributed by atoms with Crippen molar-refractivity contribution < 1.29 is 4.79 Å². The van der Waals surface area contributed by atoms with E-state index in [-0.39, 0.29) is 6.03 Å². The third-order valence-corrected chi connectivity index (χ3v) is 5.77. The Morgan fingerprint density at radius 3 is 2.65 bits per heavy atom. The zero-order chi connectivity index (χ0) is 18.3. The molecule has 1 aliphatic heterocycles. The molecule has 1 saturated carbocycles. The Balaban J connectivity index is 1.31. The highest BCUT2D eigenvalue weighted by molar-refractivity contribution is 6.30. The van der Waals surface area contributed by atoms with Gasteiger partial charge in [0.2, 0.25) is 0 Å². The second-order valence-corrected chi connectivity index (χ2v) is 8.03. The summed E-state index contributed by atoms with van der Waals surface area (Å²) in [5, 5.41) is 10.9. The third-order valence-electron chi connectivity index (χ3n) is 5.52. The summed E-state index contributed by atoms with van der Waals surface area (Å²) in [6, 6.07) is 7.60. The Labute approximate surface area is 158 Å². The Kier molecular flexibility index (Phi) is 4.63. The second-order valence-electron chi connectivity index (χ2n) is 7.59. The number of benzene rings is 1. The van der Waals surface area contributed by atoms with Crippen LogP contribution in [0.2, 0.25) is 5.02 Å². The number of amides is 2. The third kappa shape index (κ3) is 3.44. The summed E-state index contributed by atoms with van der Waals surface area (Å²) < 4.78 is 0. The molecule has 1 unspecified atom stereocenters. The minimum atomic E-state index is 0.0176. The molecule has 2 fully saturated rings. The molecule has 0 spiro atoms. The van der Waals surface area contributed by atoms with Gasteiger partial charge in [0.15, 0.2) is 0 Å². The predicted molar refractivity (Wildman–Crippen MR) is 102 cm³/mol. The van der Waals surface area contributed by atoms with Crippen molar-refractivity contribution in [1.82, 2.24) is 25.3 Å². The molecule has 7 heteroatoms. The monoisotopic (exact) mass is 373 g/mol. The van der Waals surface area contributed by atoms with Gasteiger partial charge in [-0.05, 0) is 49.5 Å². The number of nitrogens with one attached hydrogen (secondary N) is 2. The molecule has 1 saturated heterocycles. The molecule has 138 valence electrons. The van der Waals surface area contributed by atoms with Crippen LogP contribution in [0.1, 0.15) is 5.56 Å². The van der Waals surface area contributed by atoms with Crippen LogP contribution < -0.4 is 5.32 Å². The van der Waals surface area contributed by atoms with Crippen molar-refractivity contribution in [3.05, 3.63) is 41.0 Å². The fourth-order valence-electron chi connectivity index (χ4n) is 4.10. The van der Waals surface area contributed by atoms with Gasteiger partial charge in [0.1, 0.15) is 0 Å². The van der Waals surface area contributed by atoms with Gasteiger partial charge in [-0.15, -0.1) is 0 Å². The van der Waals surface area contributed by atoms with Gasteiger partial charge in [0.25, 0.3) is 0 Å². The first-order valence-corrected chi connectivity index (χ1v) is 9.36. The molecule has 0 bridgehead atoms. The van der Waals surface area contributed by atoms with E-state index >= 15 is 0 Å². The van der Waals surface area contributed by atoms with Crippen LogP contribution in [0.3, 0.4) is 0 Å². The van der Waals surface area contributed by atoms with Gasteiger partial charge < -0.3 is 15.1 Å². The van der Waals surface area contributed by atoms with Crippen LogP contribution in [-0.4, -0.2) is 59.8 Å². The maximum absolute atomic E-state index is 12.5. The quantitative estimate of drug-likeness (QED) is 0.846. The molecule has 2 heterocycles. The number of carbonyl (C=O) groups is 1. The van der Waals surface area contributed by atoms with Gasteiger partial charge in [0, 0.05) is 36.8 Å². The number of halogens is 1. The Hall–Kier alpha value is -2.05. The highest BCUT2D eigenvalue weighted by Crippen LogP contribution is 2.51. The molecule has 4 rings (SSSR count). The zero-order valence-electron chi connectivity index (χ0n) is 15.1. The maximum Gasteiger partial charge on any atom is 0.317 e. The molecular formula is C19H24ClN5O. The van der Waals surface area contributed by atoms with E-state index in [0.29, 0.717) is 23.4 Å². The second kappa shape index (κ2) is 6.93. The number of aromatic nitrogens is 2. The lowest BCUT2D eigenvalue weighted by Crippen LogP contribution is -2.40. The number of likely N-dealkylation sites (tertiary alicyclic amines) is 1. The lowest BCUT2D eigenvalue weighted by molar-refractivity contribution is 0.198. The molecule has 0 radical (unpaired) electrons. The van der Waals surface area contributed by atoms with Crippen LogP contribution in [0.15, 0.2) is 30.5 Å². The minimum Gasteiger partial charge on any atom is -0.334 e. The van der Waals surface area contributed by atoms with Crippen molar-refractivity contribution in [2.75, 3.05) is 33.7 Å². The summed E-state index contributed by atoms with van der Waals surface area (Å²) in [4.78, 5) is 16.7. The number of carbonyl (C=O) groups excluding carboxylic acids is 1. The Morgan fingerprint density at radius 2 is 2.00 bits per heavy atom. The van der Waals surface area contributed by atoms with Gasteiger partial charge in [-0.2, -0.15) is 5.10 Å². The molecule has 2 aromatic rings. The van der Waals surface area contributed by atoms with Crippen molar-refractivity contribution in [1.29, 1.82) is 0 Å². The van der Waals surface area contributed by atoms with E-state index in [1.807, 2.05) is 29.2 Å². The van der Waals surface area contributed by atoms with Gasteiger partial charge in [-0.25, -0.2) is 4.79 Å². The average Bonchev–Trinajstić information content (AvgIpc) is 3.01. The topological polar surface area (TPSA) is 64.3 Å². The summed E-state index contributed by atoms with van der Waals surface area (Å²) in [5.41, 5.74) is 2.89. The van der Waals surface area contributed by atoms with E-state index < -0.39 is 0 Å². The fraction of sp³-hybridized carbons (Fsp3) is 0.474. The van der Waals surface area contributed by atoms with Gasteiger partial charge in [-0.1, -0.05) is 23.7 Å². The molecule has 26 heavy (non-hydrogen) atoms. The molecule has 1 aliphatic carbocycles. The van der Waals surface area contributed by atoms with Crippen molar-refractivity contribution in [2.24, 2.45) is 17.8 Å². The molecule has 1 aromatic heterocycles. The van der Waals surface area contributed by atoms with E-state index in [1.54, 1.807) is 6.20 Å². The highest BCUT2D eigenvalue weighted by Gasteiger charge is 2.56. The van der Waals surface area contributed by atoms with E-state index in [4.69, 9.17) is 11.6 Å². The number of aromatic amines is 1. The molecular weight excluding hydrogens is 350 g/mol. The Morgan fingerprint density at radius 1 is 1.31 bits per heavy atom. The van der Waals surface area contributed by atoms with Crippen molar-refractivity contribution in [2.45, 2.75) is 6.54 Å². The number of urea groups is 1. The summed E-state index contributed by atoms with van der Waals surface area (Å²) >= 11 is 5.95. The van der Waals surface area contributed by atoms with Crippen LogP contribution in [0, 0.1) is 17.8 Å². The lowest BCUT2D eigenvalue weighted by atomic mass is 10.1. The number of H-pyrrole nitrogens is 1. The molecule has 2 aliphatic rings. The SMILES string of the molecule is CN(C)CC1[C@H]2CN(C(=O)NCc3cn[nH]c3-c3ccc(Cl)cc3)C[C@@H]12. The van der Waals surface area contributed by atoms with Gasteiger partial charge in [0.05, 0.1) is 11.9 Å². The first kappa shape index (κ1) is 17.4. The standard InChI is InChI=1S/C19H24ClN5O/c1-24(2)9-15-16-10-25(11-17(15)16)19(26)21-7-13-8-22-23-18(13)12-3-5-14(20)6-4-12/h3-6,8,15-17H,7,9-11H2,1-2H3,(H,21,26)(H,22,23)/t15?,16-,17+. The summed E-state index contributed by atoms with van der Waals surface area (Å²) in [5.74, 6) is 2.13. The molecule has 1 aromatic carbocycles. The lowest BCUT2D eigenvalue weighted by Gasteiger charge is -2.21. The fourth-order valence-corrected chi connectivity index (χ4v) is 4.23. The van der Waals surface area contributed by atoms with Crippen molar-refractivity contribution in [3.63, 3.8) is 0 Å². The van der Waals surface area contributed by atoms with Crippen LogP contribution in [0.25, 0.3) is 11.3 Å². The smallest absolute Gasteiger partial charge is 0.317 e. The van der Waals surface area contributed by atoms with Crippen molar-refractivity contribution in [3.8, 4) is 11.3 Å². The van der Waals surface area contributed by atoms with Gasteiger partial charge in [-0.3, -0.25) is 5.10 Å². The molecule has 2 N–H and O–H groups in total. The van der Waals surface area contributed by atoms with E-state index in [0.717, 1.165) is 42.4 Å². The average molecular weight is 374 g/mol. The van der Waals surface area contributed by atoms with Crippen molar-refractivity contribution >= 4 is 17.6 Å². The normalized spacial score (nSPS) is 24.0. The van der Waals surface area contributed by atoms with Gasteiger partial charge >= 0.3 is 6.03 Å². The number of rotatable bonds is 5. The van der Waals surface area contributed by atoms with Crippen LogP contribution >= 0.6 is 11.6 Å². The van der Waals surface area contributed by atoms with E-state index in [1.165, 1.54) is 0 Å². The predicted octanol–water partition coefficient (Wildman–Crippen LogP) is 2.68. The minimum absolute atomic E-state index is 0.0176. The number of fused-ring (bicyclic) bond motifs is 1. The first-order valence-electron chi connectivity index (χ1n) is 8.98. The molecule has 6 nitrogen and oxygen atoms in total. The van der Waals surface area contributed by atoms with E-state index in [2.05, 4.69) is 34.5 Å². The van der Waals surface area contributed by atoms with Crippen LogP contribution in [0.4, 0.5) is 4.79 Å². The van der Waals surface area contributed by atoms with E-state index in [9.17, 15) is 4.79 Å². The molecule has 2 amide bonds. The largest absolute Gasteiger partial charge is 0.334 e. The molecule has 3 atom stereocenters. The number of nitrogens with zero attached hydrogens (tertiary/aromatic N) is 3. The van der Waals surface area contributed by atoms with Crippen LogP contribution in [-0.2, 0) is 6.54 Å². The summed E-state index contributed by atoms with van der Waals surface area (Å²) in [7, 11) is 4.23. The number of hydrogen-bond donors (Lipinski definition) is 2. The Bertz CT molecular complexity index is 775. The number of piperidine rings is 1. The first-order chi connectivity index (χ1) is 12.5. The summed E-state index contributed by atoms with van der Waals surface area (Å²) in [6.07, 6.45) is 1.76.